The van der Waals surface area contributed by atoms with Crippen LogP contribution in [0.2, 0.25) is 0 Å². The summed E-state index contributed by atoms with van der Waals surface area (Å²) in [6.07, 6.45) is 14.1. The van der Waals surface area contributed by atoms with Crippen molar-refractivity contribution in [3.63, 3.8) is 0 Å². The van der Waals surface area contributed by atoms with Crippen LogP contribution in [0.5, 0.6) is 0 Å². The highest BCUT2D eigenvalue weighted by Gasteiger charge is 2.36. The summed E-state index contributed by atoms with van der Waals surface area (Å²) >= 11 is 0. The van der Waals surface area contributed by atoms with Crippen molar-refractivity contribution >= 4 is 5.91 Å². The Hall–Kier alpha value is -1.65. The Kier molecular flexibility index (Phi) is 4.19. The fourth-order valence-electron chi connectivity index (χ4n) is 4.31. The molecule has 1 aliphatic carbocycles. The molecule has 3 aliphatic rings. The fourth-order valence-corrected chi connectivity index (χ4v) is 4.31. The van der Waals surface area contributed by atoms with Crippen LogP contribution in [0.1, 0.15) is 69.1 Å². The van der Waals surface area contributed by atoms with Gasteiger partial charge in [0.05, 0.1) is 6.04 Å². The number of aromatic nitrogens is 3. The third-order valence-electron chi connectivity index (χ3n) is 5.59. The Bertz CT molecular complexity index is 606. The van der Waals surface area contributed by atoms with Crippen LogP contribution in [-0.4, -0.2) is 32.1 Å². The number of aryl methyl sites for hydroxylation is 1. The Labute approximate surface area is 137 Å². The van der Waals surface area contributed by atoms with E-state index in [-0.39, 0.29) is 12.0 Å². The summed E-state index contributed by atoms with van der Waals surface area (Å²) in [7, 11) is 0. The highest BCUT2D eigenvalue weighted by molar-refractivity contribution is 5.80. The molecule has 1 saturated heterocycles. The van der Waals surface area contributed by atoms with Gasteiger partial charge in [0.1, 0.15) is 5.82 Å². The Morgan fingerprint density at radius 2 is 2.00 bits per heavy atom. The number of likely N-dealkylation sites (tertiary alicyclic amines) is 1. The minimum absolute atomic E-state index is 0.146. The minimum atomic E-state index is 0.146. The number of nitrogens with zero attached hydrogens (tertiary/aromatic N) is 4. The van der Waals surface area contributed by atoms with Crippen molar-refractivity contribution in [3.05, 3.63) is 23.8 Å². The smallest absolute Gasteiger partial charge is 0.226 e. The summed E-state index contributed by atoms with van der Waals surface area (Å²) in [5, 5.41) is 8.94. The van der Waals surface area contributed by atoms with Crippen molar-refractivity contribution < 1.29 is 4.79 Å². The highest BCUT2D eigenvalue weighted by Crippen LogP contribution is 2.35. The third kappa shape index (κ3) is 2.81. The van der Waals surface area contributed by atoms with E-state index < -0.39 is 0 Å². The molecule has 0 aromatic carbocycles. The van der Waals surface area contributed by atoms with Gasteiger partial charge in [-0.2, -0.15) is 0 Å². The lowest BCUT2D eigenvalue weighted by Gasteiger charge is -2.29. The van der Waals surface area contributed by atoms with Gasteiger partial charge < -0.3 is 9.47 Å². The van der Waals surface area contributed by atoms with Gasteiger partial charge in [-0.1, -0.05) is 18.6 Å². The van der Waals surface area contributed by atoms with Crippen molar-refractivity contribution in [3.8, 4) is 0 Å². The third-order valence-corrected chi connectivity index (χ3v) is 5.59. The number of hydrogen-bond acceptors (Lipinski definition) is 3. The zero-order valence-electron chi connectivity index (χ0n) is 13.8. The maximum absolute atomic E-state index is 13.0. The summed E-state index contributed by atoms with van der Waals surface area (Å²) in [6, 6.07) is 0.146. The quantitative estimate of drug-likeness (QED) is 0.788. The number of fused-ring (bicyclic) bond motifs is 1. The van der Waals surface area contributed by atoms with E-state index in [0.29, 0.717) is 5.91 Å². The van der Waals surface area contributed by atoms with Crippen LogP contribution < -0.4 is 0 Å². The minimum Gasteiger partial charge on any atom is -0.332 e. The zero-order valence-corrected chi connectivity index (χ0v) is 13.8. The average Bonchev–Trinajstić information content (AvgIpc) is 3.16. The Balaban J connectivity index is 1.57. The zero-order chi connectivity index (χ0) is 15.6. The second-order valence-electron chi connectivity index (χ2n) is 7.11. The van der Waals surface area contributed by atoms with E-state index in [9.17, 15) is 4.79 Å². The molecule has 0 radical (unpaired) electrons. The first-order valence-corrected chi connectivity index (χ1v) is 9.22. The van der Waals surface area contributed by atoms with Crippen LogP contribution in [0.4, 0.5) is 0 Å². The van der Waals surface area contributed by atoms with Crippen LogP contribution in [-0.2, 0) is 17.8 Å². The standard InChI is InChI=1S/C18H26N4O/c23-18(14-8-3-1-4-9-14)21-13-7-10-15(21)17-20-19-16-11-5-2-6-12-22(16)17/h1,3,14-15H,2,4-13H2/t14-,15-/m1/s1. The Morgan fingerprint density at radius 3 is 2.87 bits per heavy atom. The summed E-state index contributed by atoms with van der Waals surface area (Å²) in [5.74, 6) is 2.67. The van der Waals surface area contributed by atoms with Gasteiger partial charge in [0.25, 0.3) is 0 Å². The molecule has 1 fully saturated rings. The SMILES string of the molecule is O=C([C@@H]1CC=CCC1)N1CCC[C@@H]1c1nnc2n1CCCCC2. The molecule has 2 atom stereocenters. The van der Waals surface area contributed by atoms with Gasteiger partial charge in [-0.15, -0.1) is 10.2 Å². The maximum atomic E-state index is 13.0. The number of carbonyl (C=O) groups is 1. The molecule has 23 heavy (non-hydrogen) atoms. The number of hydrogen-bond donors (Lipinski definition) is 0. The van der Waals surface area contributed by atoms with Gasteiger partial charge in [0, 0.05) is 25.4 Å². The van der Waals surface area contributed by atoms with Gasteiger partial charge in [0.15, 0.2) is 5.82 Å². The van der Waals surface area contributed by atoms with Crippen molar-refractivity contribution in [2.24, 2.45) is 5.92 Å². The first-order chi connectivity index (χ1) is 11.3. The molecule has 0 unspecified atom stereocenters. The van der Waals surface area contributed by atoms with Crippen molar-refractivity contribution in [1.82, 2.24) is 19.7 Å². The highest BCUT2D eigenvalue weighted by atomic mass is 16.2. The van der Waals surface area contributed by atoms with Gasteiger partial charge in [-0.05, 0) is 44.9 Å². The van der Waals surface area contributed by atoms with E-state index in [1.807, 2.05) is 0 Å². The van der Waals surface area contributed by atoms with Crippen molar-refractivity contribution in [1.29, 1.82) is 0 Å². The first kappa shape index (κ1) is 14.9. The van der Waals surface area contributed by atoms with Gasteiger partial charge in [-0.3, -0.25) is 4.79 Å². The van der Waals surface area contributed by atoms with E-state index in [4.69, 9.17) is 0 Å². The van der Waals surface area contributed by atoms with E-state index in [1.54, 1.807) is 0 Å². The molecular weight excluding hydrogens is 288 g/mol. The van der Waals surface area contributed by atoms with Crippen LogP contribution >= 0.6 is 0 Å². The summed E-state index contributed by atoms with van der Waals surface area (Å²) in [5.41, 5.74) is 0. The van der Waals surface area contributed by atoms with E-state index in [2.05, 4.69) is 31.8 Å². The number of carbonyl (C=O) groups excluding carboxylic acids is 1. The molecule has 2 aliphatic heterocycles. The molecule has 5 heteroatoms. The summed E-state index contributed by atoms with van der Waals surface area (Å²) in [6.45, 7) is 1.90. The van der Waals surface area contributed by atoms with Gasteiger partial charge >= 0.3 is 0 Å². The molecule has 1 amide bonds. The lowest BCUT2D eigenvalue weighted by Crippen LogP contribution is -2.37. The van der Waals surface area contributed by atoms with Crippen LogP contribution in [0, 0.1) is 5.92 Å². The van der Waals surface area contributed by atoms with Crippen molar-refractivity contribution in [2.75, 3.05) is 6.54 Å². The predicted molar refractivity (Wildman–Crippen MR) is 87.7 cm³/mol. The van der Waals surface area contributed by atoms with Gasteiger partial charge in [-0.25, -0.2) is 0 Å². The molecule has 4 rings (SSSR count). The molecule has 0 N–H and O–H groups in total. The fraction of sp³-hybridized carbons (Fsp3) is 0.722. The van der Waals surface area contributed by atoms with Gasteiger partial charge in [0.2, 0.25) is 5.91 Å². The van der Waals surface area contributed by atoms with Crippen molar-refractivity contribution in [2.45, 2.75) is 70.4 Å². The Morgan fingerprint density at radius 1 is 1.04 bits per heavy atom. The molecule has 5 nitrogen and oxygen atoms in total. The normalized spacial score (nSPS) is 27.7. The molecule has 0 saturated carbocycles. The van der Waals surface area contributed by atoms with E-state index in [1.165, 1.54) is 19.3 Å². The lowest BCUT2D eigenvalue weighted by atomic mass is 9.93. The van der Waals surface area contributed by atoms with E-state index in [0.717, 1.165) is 63.3 Å². The van der Waals surface area contributed by atoms with Crippen LogP contribution in [0.25, 0.3) is 0 Å². The number of rotatable bonds is 2. The molecule has 1 aromatic rings. The average molecular weight is 314 g/mol. The number of amides is 1. The summed E-state index contributed by atoms with van der Waals surface area (Å²) < 4.78 is 2.31. The lowest BCUT2D eigenvalue weighted by molar-refractivity contribution is -0.137. The summed E-state index contributed by atoms with van der Waals surface area (Å²) in [4.78, 5) is 15.1. The molecule has 3 heterocycles. The predicted octanol–water partition coefficient (Wildman–Crippen LogP) is 3.02. The van der Waals surface area contributed by atoms with E-state index >= 15 is 0 Å². The largest absolute Gasteiger partial charge is 0.332 e. The molecule has 1 aromatic heterocycles. The van der Waals surface area contributed by atoms with Crippen LogP contribution in [0.3, 0.4) is 0 Å². The molecule has 0 spiro atoms. The monoisotopic (exact) mass is 314 g/mol. The first-order valence-electron chi connectivity index (χ1n) is 9.22. The van der Waals surface area contributed by atoms with Crippen LogP contribution in [0.15, 0.2) is 12.2 Å². The molecule has 0 bridgehead atoms. The number of allylic oxidation sites excluding steroid dienone is 2. The molecule has 124 valence electrons. The maximum Gasteiger partial charge on any atom is 0.226 e. The second kappa shape index (κ2) is 6.46. The topological polar surface area (TPSA) is 51.0 Å². The second-order valence-corrected chi connectivity index (χ2v) is 7.11. The molecular formula is C18H26N4O.